The van der Waals surface area contributed by atoms with Crippen molar-refractivity contribution in [3.63, 3.8) is 0 Å². The average molecular weight is 270 g/mol. The van der Waals surface area contributed by atoms with Gasteiger partial charge < -0.3 is 5.73 Å². The summed E-state index contributed by atoms with van der Waals surface area (Å²) in [5, 5.41) is 0. The van der Waals surface area contributed by atoms with Gasteiger partial charge >= 0.3 is 5.69 Å². The molecule has 0 spiro atoms. The summed E-state index contributed by atoms with van der Waals surface area (Å²) >= 11 is 3.44. The van der Waals surface area contributed by atoms with Crippen LogP contribution in [0.1, 0.15) is 5.56 Å². The molecule has 15 heavy (non-hydrogen) atoms. The highest BCUT2D eigenvalue weighted by atomic mass is 79.9. The Labute approximate surface area is 95.4 Å². The van der Waals surface area contributed by atoms with Crippen molar-refractivity contribution in [2.24, 2.45) is 19.8 Å². The standard InChI is InChI=1S/C10H12BrN3O/c1-13-8-3-6(5-12)7(11)4-9(8)14(2)10(13)15/h3-4H,5,12H2,1-2H3. The molecule has 0 aliphatic carbocycles. The first-order valence-corrected chi connectivity index (χ1v) is 5.39. The molecule has 1 aromatic carbocycles. The number of aromatic nitrogens is 2. The Balaban J connectivity index is 2.94. The molecule has 1 heterocycles. The van der Waals surface area contributed by atoms with Crippen molar-refractivity contribution in [3.05, 3.63) is 32.7 Å². The molecular weight excluding hydrogens is 258 g/mol. The maximum Gasteiger partial charge on any atom is 0.328 e. The fourth-order valence-corrected chi connectivity index (χ4v) is 2.21. The maximum absolute atomic E-state index is 11.7. The number of imidazole rings is 1. The summed E-state index contributed by atoms with van der Waals surface area (Å²) in [6.45, 7) is 0.458. The Morgan fingerprint density at radius 3 is 2.33 bits per heavy atom. The van der Waals surface area contributed by atoms with Crippen LogP contribution in [0.3, 0.4) is 0 Å². The summed E-state index contributed by atoms with van der Waals surface area (Å²) in [5.74, 6) is 0. The molecular formula is C10H12BrN3O. The topological polar surface area (TPSA) is 53.0 Å². The molecule has 0 saturated carbocycles. The smallest absolute Gasteiger partial charge is 0.326 e. The zero-order valence-corrected chi connectivity index (χ0v) is 10.2. The number of nitrogens with zero attached hydrogens (tertiary/aromatic N) is 2. The largest absolute Gasteiger partial charge is 0.328 e. The Morgan fingerprint density at radius 1 is 1.27 bits per heavy atom. The van der Waals surface area contributed by atoms with Crippen LogP contribution in [-0.4, -0.2) is 9.13 Å². The molecule has 2 N–H and O–H groups in total. The van der Waals surface area contributed by atoms with Crippen LogP contribution in [0.2, 0.25) is 0 Å². The van der Waals surface area contributed by atoms with Crippen LogP contribution in [-0.2, 0) is 20.6 Å². The fourth-order valence-electron chi connectivity index (χ4n) is 1.72. The van der Waals surface area contributed by atoms with E-state index >= 15 is 0 Å². The summed E-state index contributed by atoms with van der Waals surface area (Å²) in [7, 11) is 3.53. The first-order chi connectivity index (χ1) is 7.06. The van der Waals surface area contributed by atoms with Crippen molar-refractivity contribution in [2.75, 3.05) is 0 Å². The first kappa shape index (κ1) is 10.4. The maximum atomic E-state index is 11.7. The van der Waals surface area contributed by atoms with E-state index in [4.69, 9.17) is 5.73 Å². The van der Waals surface area contributed by atoms with Gasteiger partial charge in [-0.25, -0.2) is 4.79 Å². The van der Waals surface area contributed by atoms with Gasteiger partial charge in [-0.15, -0.1) is 0 Å². The highest BCUT2D eigenvalue weighted by Crippen LogP contribution is 2.23. The lowest BCUT2D eigenvalue weighted by Crippen LogP contribution is -2.19. The van der Waals surface area contributed by atoms with E-state index in [1.807, 2.05) is 12.1 Å². The molecule has 80 valence electrons. The predicted octanol–water partition coefficient (Wildman–Crippen LogP) is 1.10. The lowest BCUT2D eigenvalue weighted by atomic mass is 10.2. The van der Waals surface area contributed by atoms with E-state index in [9.17, 15) is 4.79 Å². The zero-order chi connectivity index (χ0) is 11.2. The molecule has 0 unspecified atom stereocenters. The van der Waals surface area contributed by atoms with Crippen LogP contribution in [0, 0.1) is 0 Å². The van der Waals surface area contributed by atoms with Gasteiger partial charge in [0, 0.05) is 25.1 Å². The molecule has 4 nitrogen and oxygen atoms in total. The van der Waals surface area contributed by atoms with Gasteiger partial charge in [0.25, 0.3) is 0 Å². The third kappa shape index (κ3) is 1.42. The summed E-state index contributed by atoms with van der Waals surface area (Å²) in [4.78, 5) is 11.7. The molecule has 5 heteroatoms. The molecule has 1 aromatic heterocycles. The van der Waals surface area contributed by atoms with Crippen molar-refractivity contribution >= 4 is 27.0 Å². The number of benzene rings is 1. The second kappa shape index (κ2) is 3.50. The van der Waals surface area contributed by atoms with E-state index in [-0.39, 0.29) is 5.69 Å². The van der Waals surface area contributed by atoms with Gasteiger partial charge in [0.2, 0.25) is 0 Å². The van der Waals surface area contributed by atoms with Crippen molar-refractivity contribution in [1.29, 1.82) is 0 Å². The number of hydrogen-bond acceptors (Lipinski definition) is 2. The van der Waals surface area contributed by atoms with Gasteiger partial charge in [0.15, 0.2) is 0 Å². The minimum Gasteiger partial charge on any atom is -0.326 e. The quantitative estimate of drug-likeness (QED) is 0.843. The number of hydrogen-bond donors (Lipinski definition) is 1. The van der Waals surface area contributed by atoms with Crippen molar-refractivity contribution in [3.8, 4) is 0 Å². The van der Waals surface area contributed by atoms with Gasteiger partial charge in [-0.1, -0.05) is 15.9 Å². The fraction of sp³-hybridized carbons (Fsp3) is 0.300. The van der Waals surface area contributed by atoms with Crippen LogP contribution >= 0.6 is 15.9 Å². The van der Waals surface area contributed by atoms with Crippen LogP contribution < -0.4 is 11.4 Å². The van der Waals surface area contributed by atoms with Crippen LogP contribution in [0.5, 0.6) is 0 Å². The van der Waals surface area contributed by atoms with Crippen LogP contribution in [0.4, 0.5) is 0 Å². The third-order valence-electron chi connectivity index (χ3n) is 2.66. The number of halogens is 1. The number of nitrogens with two attached hydrogens (primary N) is 1. The molecule has 0 atom stereocenters. The van der Waals surface area contributed by atoms with E-state index in [1.165, 1.54) is 0 Å². The lowest BCUT2D eigenvalue weighted by Gasteiger charge is -2.02. The van der Waals surface area contributed by atoms with Crippen molar-refractivity contribution in [1.82, 2.24) is 9.13 Å². The summed E-state index contributed by atoms with van der Waals surface area (Å²) in [6.07, 6.45) is 0. The number of rotatable bonds is 1. The molecule has 2 aromatic rings. The monoisotopic (exact) mass is 269 g/mol. The number of aryl methyl sites for hydroxylation is 2. The SMILES string of the molecule is Cn1c(=O)n(C)c2cc(CN)c(Br)cc21. The molecule has 0 bridgehead atoms. The van der Waals surface area contributed by atoms with E-state index in [1.54, 1.807) is 23.2 Å². The van der Waals surface area contributed by atoms with E-state index in [0.29, 0.717) is 6.54 Å². The summed E-state index contributed by atoms with van der Waals surface area (Å²) < 4.78 is 4.19. The zero-order valence-electron chi connectivity index (χ0n) is 8.62. The minimum atomic E-state index is -0.0222. The van der Waals surface area contributed by atoms with E-state index in [0.717, 1.165) is 21.1 Å². The summed E-state index contributed by atoms with van der Waals surface area (Å²) in [5.41, 5.74) is 8.41. The number of fused-ring (bicyclic) bond motifs is 1. The third-order valence-corrected chi connectivity index (χ3v) is 3.40. The average Bonchev–Trinajstić information content (AvgIpc) is 2.43. The normalized spacial score (nSPS) is 11.2. The van der Waals surface area contributed by atoms with Crippen molar-refractivity contribution < 1.29 is 0 Å². The Morgan fingerprint density at radius 2 is 1.80 bits per heavy atom. The second-order valence-electron chi connectivity index (χ2n) is 3.54. The molecule has 0 amide bonds. The van der Waals surface area contributed by atoms with Crippen LogP contribution in [0.25, 0.3) is 11.0 Å². The minimum absolute atomic E-state index is 0.0222. The molecule has 0 fully saturated rings. The Bertz CT molecular complexity index is 582. The molecule has 0 saturated heterocycles. The first-order valence-electron chi connectivity index (χ1n) is 4.60. The predicted molar refractivity (Wildman–Crippen MR) is 63.8 cm³/mol. The second-order valence-corrected chi connectivity index (χ2v) is 4.39. The Kier molecular flexibility index (Phi) is 2.44. The van der Waals surface area contributed by atoms with Gasteiger partial charge in [-0.3, -0.25) is 9.13 Å². The van der Waals surface area contributed by atoms with Crippen molar-refractivity contribution in [2.45, 2.75) is 6.54 Å². The molecule has 0 aliphatic rings. The van der Waals surface area contributed by atoms with E-state index in [2.05, 4.69) is 15.9 Å². The van der Waals surface area contributed by atoms with Gasteiger partial charge in [-0.05, 0) is 17.7 Å². The Hall–Kier alpha value is -1.07. The van der Waals surface area contributed by atoms with Crippen LogP contribution in [0.15, 0.2) is 21.4 Å². The lowest BCUT2D eigenvalue weighted by molar-refractivity contribution is 0.795. The molecule has 0 radical (unpaired) electrons. The molecule has 2 rings (SSSR count). The highest BCUT2D eigenvalue weighted by molar-refractivity contribution is 9.10. The van der Waals surface area contributed by atoms with Gasteiger partial charge in [-0.2, -0.15) is 0 Å². The van der Waals surface area contributed by atoms with Gasteiger partial charge in [0.05, 0.1) is 11.0 Å². The van der Waals surface area contributed by atoms with E-state index < -0.39 is 0 Å². The molecule has 0 aliphatic heterocycles. The van der Waals surface area contributed by atoms with Gasteiger partial charge in [0.1, 0.15) is 0 Å². The summed E-state index contributed by atoms with van der Waals surface area (Å²) in [6, 6.07) is 3.87. The highest BCUT2D eigenvalue weighted by Gasteiger charge is 2.10.